The summed E-state index contributed by atoms with van der Waals surface area (Å²) in [5, 5.41) is 12.7. The molecule has 1 aromatic carbocycles. The van der Waals surface area contributed by atoms with Crippen molar-refractivity contribution in [2.24, 2.45) is 5.92 Å². The third-order valence-corrected chi connectivity index (χ3v) is 4.56. The molecule has 5 nitrogen and oxygen atoms in total. The first kappa shape index (κ1) is 14.1. The van der Waals surface area contributed by atoms with Crippen molar-refractivity contribution >= 4 is 22.0 Å². The van der Waals surface area contributed by atoms with Gasteiger partial charge in [0, 0.05) is 0 Å². The van der Waals surface area contributed by atoms with E-state index < -0.39 is 0 Å². The lowest BCUT2D eigenvalue weighted by molar-refractivity contribution is 0.233. The normalized spacial score (nSPS) is 20.1. The molecule has 6 heteroatoms. The largest absolute Gasteiger partial charge is 0.332 e. The molecule has 1 aliphatic rings. The highest BCUT2D eigenvalue weighted by atomic mass is 79.9. The van der Waals surface area contributed by atoms with Gasteiger partial charge in [-0.25, -0.2) is 4.79 Å². The molecule has 21 heavy (non-hydrogen) atoms. The third kappa shape index (κ3) is 2.95. The number of amides is 2. The zero-order valence-corrected chi connectivity index (χ0v) is 13.3. The highest BCUT2D eigenvalue weighted by Gasteiger charge is 2.30. The Morgan fingerprint density at radius 2 is 2.29 bits per heavy atom. The molecule has 2 atom stereocenters. The van der Waals surface area contributed by atoms with Gasteiger partial charge in [-0.05, 0) is 39.4 Å². The maximum absolute atomic E-state index is 12.1. The van der Waals surface area contributed by atoms with Gasteiger partial charge in [-0.2, -0.15) is 5.10 Å². The molecule has 0 saturated carbocycles. The van der Waals surface area contributed by atoms with Gasteiger partial charge in [-0.3, -0.25) is 5.10 Å². The second-order valence-electron chi connectivity index (χ2n) is 5.38. The van der Waals surface area contributed by atoms with Crippen LogP contribution in [0, 0.1) is 5.92 Å². The lowest BCUT2D eigenvalue weighted by Crippen LogP contribution is -2.38. The van der Waals surface area contributed by atoms with Crippen LogP contribution in [0.5, 0.6) is 0 Å². The Bertz CT molecular complexity index is 655. The summed E-state index contributed by atoms with van der Waals surface area (Å²) in [5.74, 6) is 0.409. The monoisotopic (exact) mass is 348 g/mol. The standard InChI is InChI=1S/C15H17BrN4O/c1-9-6-10-4-2-3-5-11(10)14(9)19-15(21)17-8-13-12(16)7-18-20-13/h2-5,7,9,14H,6,8H2,1H3,(H,18,20)(H2,17,19,21). The summed E-state index contributed by atoms with van der Waals surface area (Å²) in [6, 6.07) is 8.20. The first-order valence-corrected chi connectivity index (χ1v) is 7.74. The number of aromatic amines is 1. The highest BCUT2D eigenvalue weighted by Crippen LogP contribution is 2.35. The smallest absolute Gasteiger partial charge is 0.315 e. The van der Waals surface area contributed by atoms with E-state index in [4.69, 9.17) is 0 Å². The summed E-state index contributed by atoms with van der Waals surface area (Å²) in [6.45, 7) is 2.57. The number of H-pyrrole nitrogens is 1. The number of carbonyl (C=O) groups is 1. The zero-order valence-electron chi connectivity index (χ0n) is 11.7. The average Bonchev–Trinajstić information content (AvgIpc) is 3.01. The van der Waals surface area contributed by atoms with Crippen molar-refractivity contribution in [1.82, 2.24) is 20.8 Å². The molecule has 0 saturated heterocycles. The molecule has 1 aromatic heterocycles. The number of halogens is 1. The van der Waals surface area contributed by atoms with E-state index in [1.807, 2.05) is 12.1 Å². The molecule has 2 aromatic rings. The van der Waals surface area contributed by atoms with E-state index in [2.05, 4.69) is 55.8 Å². The number of urea groups is 1. The fourth-order valence-corrected chi connectivity index (χ4v) is 3.13. The van der Waals surface area contributed by atoms with Gasteiger partial charge in [0.2, 0.25) is 0 Å². The number of benzene rings is 1. The molecule has 0 radical (unpaired) electrons. The Hall–Kier alpha value is -1.82. The summed E-state index contributed by atoms with van der Waals surface area (Å²) in [4.78, 5) is 12.1. The molecule has 1 heterocycles. The number of hydrogen-bond donors (Lipinski definition) is 3. The Morgan fingerprint density at radius 3 is 3.05 bits per heavy atom. The molecule has 0 spiro atoms. The van der Waals surface area contributed by atoms with Crippen LogP contribution < -0.4 is 10.6 Å². The van der Waals surface area contributed by atoms with Crippen LogP contribution in [-0.4, -0.2) is 16.2 Å². The minimum absolute atomic E-state index is 0.0754. The van der Waals surface area contributed by atoms with E-state index in [0.717, 1.165) is 16.6 Å². The van der Waals surface area contributed by atoms with E-state index in [1.165, 1.54) is 11.1 Å². The number of nitrogens with zero attached hydrogens (tertiary/aromatic N) is 1. The number of aromatic nitrogens is 2. The van der Waals surface area contributed by atoms with E-state index >= 15 is 0 Å². The summed E-state index contributed by atoms with van der Waals surface area (Å²) in [6.07, 6.45) is 2.68. The fraction of sp³-hybridized carbons (Fsp3) is 0.333. The number of fused-ring (bicyclic) bond motifs is 1. The molecule has 2 amide bonds. The van der Waals surface area contributed by atoms with Crippen LogP contribution in [0.2, 0.25) is 0 Å². The molecule has 2 unspecified atom stereocenters. The molecule has 3 N–H and O–H groups in total. The number of rotatable bonds is 3. The Balaban J connectivity index is 1.61. The first-order chi connectivity index (χ1) is 10.1. The first-order valence-electron chi connectivity index (χ1n) is 6.95. The second-order valence-corrected chi connectivity index (χ2v) is 6.24. The van der Waals surface area contributed by atoms with Crippen LogP contribution >= 0.6 is 15.9 Å². The Morgan fingerprint density at radius 1 is 1.48 bits per heavy atom. The van der Waals surface area contributed by atoms with Crippen LogP contribution in [-0.2, 0) is 13.0 Å². The van der Waals surface area contributed by atoms with Gasteiger partial charge in [0.1, 0.15) is 0 Å². The quantitative estimate of drug-likeness (QED) is 0.798. The van der Waals surface area contributed by atoms with Crippen molar-refractivity contribution in [3.63, 3.8) is 0 Å². The predicted molar refractivity (Wildman–Crippen MR) is 83.7 cm³/mol. The molecular weight excluding hydrogens is 332 g/mol. The van der Waals surface area contributed by atoms with E-state index in [9.17, 15) is 4.79 Å². The third-order valence-electron chi connectivity index (χ3n) is 3.88. The maximum atomic E-state index is 12.1. The highest BCUT2D eigenvalue weighted by molar-refractivity contribution is 9.10. The SMILES string of the molecule is CC1Cc2ccccc2C1NC(=O)NCc1[nH]ncc1Br. The lowest BCUT2D eigenvalue weighted by Gasteiger charge is -2.19. The molecule has 110 valence electrons. The van der Waals surface area contributed by atoms with Crippen LogP contribution in [0.1, 0.15) is 29.8 Å². The summed E-state index contributed by atoms with van der Waals surface area (Å²) in [7, 11) is 0. The summed E-state index contributed by atoms with van der Waals surface area (Å²) < 4.78 is 0.863. The van der Waals surface area contributed by atoms with Crippen molar-refractivity contribution in [1.29, 1.82) is 0 Å². The Labute approximate surface area is 131 Å². The number of carbonyl (C=O) groups excluding carboxylic acids is 1. The molecule has 0 aliphatic heterocycles. The van der Waals surface area contributed by atoms with Crippen LogP contribution in [0.25, 0.3) is 0 Å². The minimum Gasteiger partial charge on any atom is -0.332 e. The lowest BCUT2D eigenvalue weighted by atomic mass is 10.0. The molecular formula is C15H17BrN4O. The topological polar surface area (TPSA) is 69.8 Å². The van der Waals surface area contributed by atoms with Crippen molar-refractivity contribution in [3.8, 4) is 0 Å². The average molecular weight is 349 g/mol. The van der Waals surface area contributed by atoms with E-state index in [0.29, 0.717) is 12.5 Å². The van der Waals surface area contributed by atoms with Gasteiger partial charge in [0.05, 0.1) is 29.0 Å². The molecule has 0 bridgehead atoms. The van der Waals surface area contributed by atoms with Crippen molar-refractivity contribution in [2.75, 3.05) is 0 Å². The van der Waals surface area contributed by atoms with Gasteiger partial charge >= 0.3 is 6.03 Å². The number of nitrogens with one attached hydrogen (secondary N) is 3. The van der Waals surface area contributed by atoms with Gasteiger partial charge in [-0.1, -0.05) is 31.2 Å². The summed E-state index contributed by atoms with van der Waals surface area (Å²) in [5.41, 5.74) is 3.40. The minimum atomic E-state index is -0.162. The van der Waals surface area contributed by atoms with Crippen molar-refractivity contribution in [3.05, 3.63) is 51.8 Å². The molecule has 1 aliphatic carbocycles. The number of hydrogen-bond acceptors (Lipinski definition) is 2. The van der Waals surface area contributed by atoms with Gasteiger partial charge in [-0.15, -0.1) is 0 Å². The Kier molecular flexibility index (Phi) is 3.96. The van der Waals surface area contributed by atoms with E-state index in [1.54, 1.807) is 6.20 Å². The predicted octanol–water partition coefficient (Wildman–Crippen LogP) is 2.90. The van der Waals surface area contributed by atoms with Crippen LogP contribution in [0.4, 0.5) is 4.79 Å². The van der Waals surface area contributed by atoms with Crippen molar-refractivity contribution < 1.29 is 4.79 Å². The van der Waals surface area contributed by atoms with E-state index in [-0.39, 0.29) is 12.1 Å². The molecule has 3 rings (SSSR count). The van der Waals surface area contributed by atoms with Crippen molar-refractivity contribution in [2.45, 2.75) is 25.9 Å². The zero-order chi connectivity index (χ0) is 14.8. The van der Waals surface area contributed by atoms with Gasteiger partial charge < -0.3 is 10.6 Å². The second kappa shape index (κ2) is 5.89. The molecule has 0 fully saturated rings. The summed E-state index contributed by atoms with van der Waals surface area (Å²) >= 11 is 3.37. The van der Waals surface area contributed by atoms with Crippen LogP contribution in [0.3, 0.4) is 0 Å². The maximum Gasteiger partial charge on any atom is 0.315 e. The van der Waals surface area contributed by atoms with Gasteiger partial charge in [0.25, 0.3) is 0 Å². The van der Waals surface area contributed by atoms with Crippen LogP contribution in [0.15, 0.2) is 34.9 Å². The fourth-order valence-electron chi connectivity index (χ4n) is 2.80. The van der Waals surface area contributed by atoms with Gasteiger partial charge in [0.15, 0.2) is 0 Å².